The van der Waals surface area contributed by atoms with Gasteiger partial charge in [-0.3, -0.25) is 4.79 Å². The lowest BCUT2D eigenvalue weighted by Crippen LogP contribution is -2.42. The highest BCUT2D eigenvalue weighted by molar-refractivity contribution is 5.70. The van der Waals surface area contributed by atoms with Crippen LogP contribution in [-0.2, 0) is 10.2 Å². The molecule has 0 bridgehead atoms. The van der Waals surface area contributed by atoms with Gasteiger partial charge in [0.25, 0.3) is 0 Å². The third kappa shape index (κ3) is 4.03. The van der Waals surface area contributed by atoms with Gasteiger partial charge in [0.15, 0.2) is 0 Å². The summed E-state index contributed by atoms with van der Waals surface area (Å²) in [6, 6.07) is 7.23. The zero-order valence-electron chi connectivity index (χ0n) is 12.7. The van der Waals surface area contributed by atoms with Gasteiger partial charge in [-0.05, 0) is 37.3 Å². The zero-order chi connectivity index (χ0) is 15.5. The smallest absolute Gasteiger partial charge is 0.306 e. The minimum Gasteiger partial charge on any atom is -0.481 e. The first-order valence-corrected chi connectivity index (χ1v) is 7.61. The highest BCUT2D eigenvalue weighted by Gasteiger charge is 2.28. The van der Waals surface area contributed by atoms with Crippen molar-refractivity contribution in [1.29, 1.82) is 0 Å². The first-order chi connectivity index (χ1) is 9.90. The Morgan fingerprint density at radius 1 is 1.29 bits per heavy atom. The molecule has 0 saturated heterocycles. The van der Waals surface area contributed by atoms with Gasteiger partial charge in [0.05, 0.1) is 5.92 Å². The Hall–Kier alpha value is -1.42. The molecule has 0 radical (unpaired) electrons. The van der Waals surface area contributed by atoms with E-state index in [2.05, 4.69) is 5.32 Å². The molecular weight excluding hydrogens is 269 g/mol. The number of benzene rings is 1. The quantitative estimate of drug-likeness (QED) is 0.875. The van der Waals surface area contributed by atoms with Crippen molar-refractivity contribution in [2.75, 3.05) is 6.54 Å². The summed E-state index contributed by atoms with van der Waals surface area (Å²) in [4.78, 5) is 10.9. The number of carboxylic acid groups (broad SMARTS) is 1. The van der Waals surface area contributed by atoms with Crippen LogP contribution in [0.2, 0.25) is 0 Å². The minimum atomic E-state index is -0.680. The molecular formula is C17H24FNO2. The first kappa shape index (κ1) is 16.0. The van der Waals surface area contributed by atoms with Crippen LogP contribution in [0.4, 0.5) is 4.39 Å². The van der Waals surface area contributed by atoms with Crippen LogP contribution >= 0.6 is 0 Å². The van der Waals surface area contributed by atoms with E-state index in [1.165, 1.54) is 6.07 Å². The van der Waals surface area contributed by atoms with Gasteiger partial charge in [-0.1, -0.05) is 32.0 Å². The van der Waals surface area contributed by atoms with Crippen molar-refractivity contribution in [3.8, 4) is 0 Å². The summed E-state index contributed by atoms with van der Waals surface area (Å²) >= 11 is 0. The molecule has 1 aromatic rings. The molecule has 0 amide bonds. The average molecular weight is 293 g/mol. The fourth-order valence-electron chi connectivity index (χ4n) is 3.05. The van der Waals surface area contributed by atoms with E-state index in [9.17, 15) is 9.18 Å². The molecule has 1 aliphatic carbocycles. The summed E-state index contributed by atoms with van der Waals surface area (Å²) in [7, 11) is 0. The highest BCUT2D eigenvalue weighted by Crippen LogP contribution is 2.28. The predicted octanol–water partition coefficient (Wildman–Crippen LogP) is 3.34. The summed E-state index contributed by atoms with van der Waals surface area (Å²) in [5, 5.41) is 12.5. The molecule has 1 fully saturated rings. The molecule has 0 unspecified atom stereocenters. The van der Waals surface area contributed by atoms with Gasteiger partial charge in [0.1, 0.15) is 5.82 Å². The molecule has 0 atom stereocenters. The third-order valence-electron chi connectivity index (χ3n) is 4.51. The van der Waals surface area contributed by atoms with Crippen LogP contribution in [-0.4, -0.2) is 23.7 Å². The Bertz CT molecular complexity index is 493. The predicted molar refractivity (Wildman–Crippen MR) is 80.8 cm³/mol. The Morgan fingerprint density at radius 2 is 1.90 bits per heavy atom. The Morgan fingerprint density at radius 3 is 2.48 bits per heavy atom. The molecule has 21 heavy (non-hydrogen) atoms. The topological polar surface area (TPSA) is 49.3 Å². The molecule has 1 saturated carbocycles. The van der Waals surface area contributed by atoms with Crippen molar-refractivity contribution in [3.63, 3.8) is 0 Å². The van der Waals surface area contributed by atoms with Crippen LogP contribution in [0, 0.1) is 11.7 Å². The average Bonchev–Trinajstić information content (AvgIpc) is 2.46. The van der Waals surface area contributed by atoms with Gasteiger partial charge >= 0.3 is 5.97 Å². The van der Waals surface area contributed by atoms with E-state index < -0.39 is 5.97 Å². The van der Waals surface area contributed by atoms with Gasteiger partial charge in [-0.2, -0.15) is 0 Å². The molecule has 3 nitrogen and oxygen atoms in total. The molecule has 0 heterocycles. The second-order valence-corrected chi connectivity index (χ2v) is 6.63. The summed E-state index contributed by atoms with van der Waals surface area (Å²) in [6.45, 7) is 4.75. The van der Waals surface area contributed by atoms with E-state index >= 15 is 0 Å². The number of carboxylic acids is 1. The summed E-state index contributed by atoms with van der Waals surface area (Å²) in [5.41, 5.74) is 0.436. The fraction of sp³-hybridized carbons (Fsp3) is 0.588. The minimum absolute atomic E-state index is 0.168. The highest BCUT2D eigenvalue weighted by atomic mass is 19.1. The van der Waals surface area contributed by atoms with Crippen LogP contribution in [0.3, 0.4) is 0 Å². The Kier molecular flexibility index (Phi) is 4.99. The van der Waals surface area contributed by atoms with Crippen molar-refractivity contribution in [1.82, 2.24) is 5.32 Å². The van der Waals surface area contributed by atoms with Gasteiger partial charge in [-0.25, -0.2) is 4.39 Å². The number of halogens is 1. The molecule has 4 heteroatoms. The van der Waals surface area contributed by atoms with Gasteiger partial charge in [0.2, 0.25) is 0 Å². The molecule has 2 N–H and O–H groups in total. The van der Waals surface area contributed by atoms with Crippen LogP contribution in [0.25, 0.3) is 0 Å². The largest absolute Gasteiger partial charge is 0.481 e. The van der Waals surface area contributed by atoms with E-state index in [1.807, 2.05) is 26.0 Å². The second-order valence-electron chi connectivity index (χ2n) is 6.63. The summed E-state index contributed by atoms with van der Waals surface area (Å²) in [5.74, 6) is -1.04. The van der Waals surface area contributed by atoms with Crippen LogP contribution < -0.4 is 5.32 Å². The lowest BCUT2D eigenvalue weighted by molar-refractivity contribution is -0.142. The molecule has 2 rings (SSSR count). The molecule has 1 aliphatic rings. The molecule has 116 valence electrons. The SMILES string of the molecule is CC(C)(CNC1CCC(C(=O)O)CC1)c1ccccc1F. The standard InChI is InChI=1S/C17H24FNO2/c1-17(2,14-5-3-4-6-15(14)18)11-19-13-9-7-12(8-10-13)16(20)21/h3-6,12-13,19H,7-11H2,1-2H3,(H,20,21). The Labute approximate surface area is 125 Å². The monoisotopic (exact) mass is 293 g/mol. The number of hydrogen-bond donors (Lipinski definition) is 2. The van der Waals surface area contributed by atoms with E-state index in [1.54, 1.807) is 6.07 Å². The van der Waals surface area contributed by atoms with Gasteiger partial charge < -0.3 is 10.4 Å². The molecule has 0 aliphatic heterocycles. The maximum Gasteiger partial charge on any atom is 0.306 e. The number of carbonyl (C=O) groups is 1. The second kappa shape index (κ2) is 6.56. The summed E-state index contributed by atoms with van der Waals surface area (Å²) in [6.07, 6.45) is 3.22. The van der Waals surface area contributed by atoms with Crippen molar-refractivity contribution in [2.24, 2.45) is 5.92 Å². The van der Waals surface area contributed by atoms with E-state index in [-0.39, 0.29) is 17.2 Å². The summed E-state index contributed by atoms with van der Waals surface area (Å²) < 4.78 is 13.9. The maximum absolute atomic E-state index is 13.9. The lowest BCUT2D eigenvalue weighted by atomic mass is 9.82. The normalized spacial score (nSPS) is 23.0. The molecule has 0 aromatic heterocycles. The van der Waals surface area contributed by atoms with Crippen LogP contribution in [0.1, 0.15) is 45.1 Å². The molecule has 1 aromatic carbocycles. The Balaban J connectivity index is 1.88. The van der Waals surface area contributed by atoms with E-state index in [0.717, 1.165) is 31.2 Å². The van der Waals surface area contributed by atoms with Crippen LogP contribution in [0.5, 0.6) is 0 Å². The number of hydrogen-bond acceptors (Lipinski definition) is 2. The number of rotatable bonds is 5. The maximum atomic E-state index is 13.9. The van der Waals surface area contributed by atoms with Crippen molar-refractivity contribution in [2.45, 2.75) is 51.0 Å². The van der Waals surface area contributed by atoms with Gasteiger partial charge in [-0.15, -0.1) is 0 Å². The van der Waals surface area contributed by atoms with Crippen molar-refractivity contribution in [3.05, 3.63) is 35.6 Å². The van der Waals surface area contributed by atoms with Gasteiger partial charge in [0, 0.05) is 18.0 Å². The van der Waals surface area contributed by atoms with Crippen molar-refractivity contribution >= 4 is 5.97 Å². The van der Waals surface area contributed by atoms with Crippen molar-refractivity contribution < 1.29 is 14.3 Å². The molecule has 0 spiro atoms. The van der Waals surface area contributed by atoms with Crippen LogP contribution in [0.15, 0.2) is 24.3 Å². The first-order valence-electron chi connectivity index (χ1n) is 7.61. The number of nitrogens with one attached hydrogen (secondary N) is 1. The third-order valence-corrected chi connectivity index (χ3v) is 4.51. The lowest BCUT2D eigenvalue weighted by Gasteiger charge is -2.32. The van der Waals surface area contributed by atoms with E-state index in [4.69, 9.17) is 5.11 Å². The zero-order valence-corrected chi connectivity index (χ0v) is 12.7. The van der Waals surface area contributed by atoms with E-state index in [0.29, 0.717) is 12.6 Å². The fourth-order valence-corrected chi connectivity index (χ4v) is 3.05. The number of aliphatic carboxylic acids is 1.